The van der Waals surface area contributed by atoms with Gasteiger partial charge in [-0.3, -0.25) is 0 Å². The molecule has 2 heterocycles. The van der Waals surface area contributed by atoms with Gasteiger partial charge in [-0.1, -0.05) is 6.42 Å². The second-order valence-electron chi connectivity index (χ2n) is 6.20. The zero-order chi connectivity index (χ0) is 14.4. The van der Waals surface area contributed by atoms with E-state index >= 15 is 0 Å². The number of hydrogen-bond donors (Lipinski definition) is 1. The number of fused-ring (bicyclic) bond motifs is 1. The first kappa shape index (κ1) is 13.0. The van der Waals surface area contributed by atoms with Gasteiger partial charge in [0.2, 0.25) is 0 Å². The molecule has 2 fully saturated rings. The molecule has 6 heteroatoms. The predicted molar refractivity (Wildman–Crippen MR) is 79.2 cm³/mol. The highest BCUT2D eigenvalue weighted by atomic mass is 16.5. The largest absolute Gasteiger partial charge is 0.378 e. The normalized spacial score (nSPS) is 26.6. The van der Waals surface area contributed by atoms with Gasteiger partial charge in [0.05, 0.1) is 6.10 Å². The summed E-state index contributed by atoms with van der Waals surface area (Å²) in [6, 6.07) is 4.43. The van der Waals surface area contributed by atoms with Crippen LogP contribution in [0, 0.1) is 12.3 Å². The Hall–Kier alpha value is -1.69. The molecule has 2 aromatic heterocycles. The minimum atomic E-state index is 0.342. The molecule has 0 aliphatic heterocycles. The van der Waals surface area contributed by atoms with Crippen LogP contribution in [-0.4, -0.2) is 38.6 Å². The molecule has 2 saturated carbocycles. The minimum absolute atomic E-state index is 0.342. The highest BCUT2D eigenvalue weighted by Gasteiger charge is 2.59. The smallest absolute Gasteiger partial charge is 0.178 e. The van der Waals surface area contributed by atoms with Crippen molar-refractivity contribution < 1.29 is 4.74 Å². The van der Waals surface area contributed by atoms with Gasteiger partial charge in [-0.2, -0.15) is 4.52 Å². The Labute approximate surface area is 123 Å². The van der Waals surface area contributed by atoms with Crippen LogP contribution in [0.3, 0.4) is 0 Å². The van der Waals surface area contributed by atoms with E-state index in [1.165, 1.54) is 19.3 Å². The molecule has 6 nitrogen and oxygen atoms in total. The lowest BCUT2D eigenvalue weighted by Gasteiger charge is -2.61. The molecule has 2 aliphatic rings. The quantitative estimate of drug-likeness (QED) is 0.934. The number of aryl methyl sites for hydroxylation is 1. The van der Waals surface area contributed by atoms with E-state index in [1.807, 2.05) is 19.1 Å². The fraction of sp³-hybridized carbons (Fsp3) is 0.667. The van der Waals surface area contributed by atoms with Gasteiger partial charge in [0, 0.05) is 18.1 Å². The molecule has 0 radical (unpaired) electrons. The average molecular weight is 287 g/mol. The van der Waals surface area contributed by atoms with E-state index in [1.54, 1.807) is 4.52 Å². The van der Waals surface area contributed by atoms with Crippen molar-refractivity contribution in [3.8, 4) is 0 Å². The molecule has 0 aromatic carbocycles. The van der Waals surface area contributed by atoms with Crippen molar-refractivity contribution in [2.24, 2.45) is 5.41 Å². The van der Waals surface area contributed by atoms with Gasteiger partial charge >= 0.3 is 0 Å². The standard InChI is InChI=1S/C15H21N5O/c1-3-21-12-9-11(15(12)7-4-8-15)16-13-5-6-14-18-17-10(2)20(14)19-13/h5-6,11-12H,3-4,7-9H2,1-2H3,(H,16,19). The summed E-state index contributed by atoms with van der Waals surface area (Å²) in [5, 5.41) is 16.3. The van der Waals surface area contributed by atoms with Crippen LogP contribution in [0.1, 0.15) is 38.4 Å². The zero-order valence-corrected chi connectivity index (χ0v) is 12.5. The Morgan fingerprint density at radius 1 is 1.38 bits per heavy atom. The van der Waals surface area contributed by atoms with Crippen LogP contribution < -0.4 is 5.32 Å². The number of aromatic nitrogens is 4. The number of anilines is 1. The van der Waals surface area contributed by atoms with E-state index in [-0.39, 0.29) is 0 Å². The van der Waals surface area contributed by atoms with E-state index in [0.717, 1.165) is 30.3 Å². The Morgan fingerprint density at radius 2 is 2.24 bits per heavy atom. The first-order chi connectivity index (χ1) is 10.2. The Kier molecular flexibility index (Phi) is 2.89. The van der Waals surface area contributed by atoms with Gasteiger partial charge in [0.1, 0.15) is 5.82 Å². The number of ether oxygens (including phenoxy) is 1. The molecule has 0 bridgehead atoms. The van der Waals surface area contributed by atoms with E-state index in [9.17, 15) is 0 Å². The third-order valence-corrected chi connectivity index (χ3v) is 5.18. The highest BCUT2D eigenvalue weighted by molar-refractivity contribution is 5.45. The minimum Gasteiger partial charge on any atom is -0.378 e. The summed E-state index contributed by atoms with van der Waals surface area (Å²) < 4.78 is 7.68. The van der Waals surface area contributed by atoms with Crippen LogP contribution >= 0.6 is 0 Å². The van der Waals surface area contributed by atoms with Gasteiger partial charge in [-0.05, 0) is 45.2 Å². The molecule has 21 heavy (non-hydrogen) atoms. The molecule has 1 spiro atoms. The van der Waals surface area contributed by atoms with E-state index in [4.69, 9.17) is 4.74 Å². The predicted octanol–water partition coefficient (Wildman–Crippen LogP) is 2.19. The lowest BCUT2D eigenvalue weighted by atomic mass is 9.51. The summed E-state index contributed by atoms with van der Waals surface area (Å²) in [4.78, 5) is 0. The monoisotopic (exact) mass is 287 g/mol. The first-order valence-corrected chi connectivity index (χ1v) is 7.80. The molecule has 1 N–H and O–H groups in total. The molecule has 2 atom stereocenters. The molecule has 4 rings (SSSR count). The molecule has 112 valence electrons. The Bertz CT molecular complexity index is 663. The third-order valence-electron chi connectivity index (χ3n) is 5.18. The molecule has 0 amide bonds. The van der Waals surface area contributed by atoms with Gasteiger partial charge in [0.15, 0.2) is 11.5 Å². The summed E-state index contributed by atoms with van der Waals surface area (Å²) in [6.07, 6.45) is 5.36. The highest BCUT2D eigenvalue weighted by Crippen LogP contribution is 2.58. The molecular weight excluding hydrogens is 266 g/mol. The van der Waals surface area contributed by atoms with Gasteiger partial charge < -0.3 is 10.1 Å². The van der Waals surface area contributed by atoms with Crippen molar-refractivity contribution in [1.29, 1.82) is 0 Å². The fourth-order valence-electron chi connectivity index (χ4n) is 3.79. The molecule has 2 unspecified atom stereocenters. The molecular formula is C15H21N5O. The van der Waals surface area contributed by atoms with Crippen LogP contribution in [0.5, 0.6) is 0 Å². The summed E-state index contributed by atoms with van der Waals surface area (Å²) >= 11 is 0. The van der Waals surface area contributed by atoms with Crippen LogP contribution in [0.2, 0.25) is 0 Å². The maximum atomic E-state index is 5.89. The Balaban J connectivity index is 1.54. The van der Waals surface area contributed by atoms with Gasteiger partial charge in [-0.25, -0.2) is 0 Å². The van der Waals surface area contributed by atoms with E-state index < -0.39 is 0 Å². The number of rotatable bonds is 4. The van der Waals surface area contributed by atoms with Gasteiger partial charge in [-0.15, -0.1) is 15.3 Å². The average Bonchev–Trinajstić information content (AvgIpc) is 2.77. The summed E-state index contributed by atoms with van der Waals surface area (Å²) in [5.74, 6) is 1.71. The van der Waals surface area contributed by atoms with Crippen molar-refractivity contribution in [3.05, 3.63) is 18.0 Å². The molecule has 2 aromatic rings. The lowest BCUT2D eigenvalue weighted by Crippen LogP contribution is -2.64. The van der Waals surface area contributed by atoms with Crippen LogP contribution in [0.4, 0.5) is 5.82 Å². The van der Waals surface area contributed by atoms with Crippen molar-refractivity contribution in [1.82, 2.24) is 19.8 Å². The topological polar surface area (TPSA) is 64.3 Å². The first-order valence-electron chi connectivity index (χ1n) is 7.80. The summed E-state index contributed by atoms with van der Waals surface area (Å²) in [5.41, 5.74) is 1.13. The third kappa shape index (κ3) is 1.85. The second kappa shape index (κ2) is 4.66. The second-order valence-corrected chi connectivity index (χ2v) is 6.20. The van der Waals surface area contributed by atoms with Crippen molar-refractivity contribution in [3.63, 3.8) is 0 Å². The lowest BCUT2D eigenvalue weighted by molar-refractivity contribution is -0.157. The number of hydrogen-bond acceptors (Lipinski definition) is 5. The summed E-state index contributed by atoms with van der Waals surface area (Å²) in [7, 11) is 0. The fourth-order valence-corrected chi connectivity index (χ4v) is 3.79. The van der Waals surface area contributed by atoms with Crippen LogP contribution in [0.15, 0.2) is 12.1 Å². The van der Waals surface area contributed by atoms with E-state index in [0.29, 0.717) is 17.6 Å². The van der Waals surface area contributed by atoms with Crippen molar-refractivity contribution in [2.45, 2.75) is 51.7 Å². The molecule has 0 saturated heterocycles. The number of nitrogens with one attached hydrogen (secondary N) is 1. The number of nitrogens with zero attached hydrogens (tertiary/aromatic N) is 4. The maximum Gasteiger partial charge on any atom is 0.178 e. The van der Waals surface area contributed by atoms with Gasteiger partial charge in [0.25, 0.3) is 0 Å². The van der Waals surface area contributed by atoms with Crippen molar-refractivity contribution in [2.75, 3.05) is 11.9 Å². The van der Waals surface area contributed by atoms with Crippen LogP contribution in [0.25, 0.3) is 5.65 Å². The van der Waals surface area contributed by atoms with Crippen molar-refractivity contribution >= 4 is 11.5 Å². The van der Waals surface area contributed by atoms with E-state index in [2.05, 4.69) is 27.5 Å². The molecule has 2 aliphatic carbocycles. The SMILES string of the molecule is CCOC1CC(Nc2ccc3nnc(C)n3n2)C12CCC2. The summed E-state index contributed by atoms with van der Waals surface area (Å²) in [6.45, 7) is 4.80. The Morgan fingerprint density at radius 3 is 2.95 bits per heavy atom. The van der Waals surface area contributed by atoms with Crippen LogP contribution in [-0.2, 0) is 4.74 Å². The maximum absolute atomic E-state index is 5.89. The zero-order valence-electron chi connectivity index (χ0n) is 12.5.